The molecule has 9 nitrogen and oxygen atoms in total. The molecule has 0 aromatic rings. The van der Waals surface area contributed by atoms with Crippen LogP contribution >= 0.6 is 9.24 Å². The first kappa shape index (κ1) is 33.8. The van der Waals surface area contributed by atoms with Gasteiger partial charge in [0.2, 0.25) is 0 Å². The standard InChI is InChI=1S/C28H55N2O7P/c1-10-11-17(3)23(31)19(5)30(9)15-16(2)13-28(6,34)14-21(38)24(18(4)26(32)33)35-22-12-20(29(7)8)25-27(36-22)37-25/h16-25,27,31,34H,10-15,38H2,1-9H3,(H,32,33)/t16-,17+,18-,19-,20?,21-,22?,23+,24?,25?,27?,28?/m1/s1. The third-order valence-electron chi connectivity index (χ3n) is 8.44. The van der Waals surface area contributed by atoms with Crippen LogP contribution in [0.1, 0.15) is 73.6 Å². The Labute approximate surface area is 232 Å². The first-order valence-electron chi connectivity index (χ1n) is 14.3. The summed E-state index contributed by atoms with van der Waals surface area (Å²) in [5.41, 5.74) is -1.32. The zero-order valence-electron chi connectivity index (χ0n) is 25.0. The van der Waals surface area contributed by atoms with Crippen molar-refractivity contribution in [3.8, 4) is 0 Å². The summed E-state index contributed by atoms with van der Waals surface area (Å²) >= 11 is 0. The first-order valence-corrected chi connectivity index (χ1v) is 15.0. The molecule has 2 aliphatic rings. The largest absolute Gasteiger partial charge is 0.481 e. The Morgan fingerprint density at radius 3 is 2.34 bits per heavy atom. The Balaban J connectivity index is 1.98. The van der Waals surface area contributed by atoms with Gasteiger partial charge in [-0.2, -0.15) is 0 Å². The fourth-order valence-electron chi connectivity index (χ4n) is 6.07. The smallest absolute Gasteiger partial charge is 0.308 e. The van der Waals surface area contributed by atoms with E-state index >= 15 is 0 Å². The van der Waals surface area contributed by atoms with E-state index in [2.05, 4.69) is 46.7 Å². The second-order valence-electron chi connectivity index (χ2n) is 12.6. The third kappa shape index (κ3) is 9.62. The van der Waals surface area contributed by atoms with E-state index in [-0.39, 0.29) is 42.0 Å². The van der Waals surface area contributed by atoms with Crippen LogP contribution in [-0.4, -0.2) is 113 Å². The molecule has 2 saturated heterocycles. The molecule has 7 unspecified atom stereocenters. The molecule has 0 aromatic carbocycles. The highest BCUT2D eigenvalue weighted by Crippen LogP contribution is 2.39. The number of carbonyl (C=O) groups is 1. The Kier molecular flexibility index (Phi) is 12.9. The molecule has 13 atom stereocenters. The molecule has 224 valence electrons. The van der Waals surface area contributed by atoms with Crippen LogP contribution in [0.3, 0.4) is 0 Å². The number of carboxylic acid groups (broad SMARTS) is 1. The summed E-state index contributed by atoms with van der Waals surface area (Å²) < 4.78 is 17.8. The van der Waals surface area contributed by atoms with Crippen molar-refractivity contribution in [3.63, 3.8) is 0 Å². The second kappa shape index (κ2) is 14.5. The molecular weight excluding hydrogens is 507 g/mol. The number of epoxide rings is 1. The quantitative estimate of drug-likeness (QED) is 0.182. The molecule has 2 heterocycles. The number of likely N-dealkylation sites (N-methyl/N-ethyl adjacent to an activating group) is 2. The number of carboxylic acids is 1. The molecule has 2 fully saturated rings. The van der Waals surface area contributed by atoms with Crippen molar-refractivity contribution < 1.29 is 34.3 Å². The molecule has 2 aliphatic heterocycles. The van der Waals surface area contributed by atoms with Crippen LogP contribution in [0, 0.1) is 17.8 Å². The Morgan fingerprint density at radius 2 is 1.79 bits per heavy atom. The average Bonchev–Trinajstić information content (AvgIpc) is 3.59. The minimum Gasteiger partial charge on any atom is -0.481 e. The molecule has 0 radical (unpaired) electrons. The van der Waals surface area contributed by atoms with Gasteiger partial charge in [-0.3, -0.25) is 4.79 Å². The van der Waals surface area contributed by atoms with Gasteiger partial charge in [-0.15, -0.1) is 9.24 Å². The highest BCUT2D eigenvalue weighted by atomic mass is 31.0. The highest BCUT2D eigenvalue weighted by Gasteiger charge is 2.54. The van der Waals surface area contributed by atoms with Gasteiger partial charge in [0.05, 0.1) is 23.7 Å². The van der Waals surface area contributed by atoms with Crippen LogP contribution in [0.4, 0.5) is 0 Å². The normalized spacial score (nSPS) is 30.6. The highest BCUT2D eigenvalue weighted by molar-refractivity contribution is 7.17. The van der Waals surface area contributed by atoms with Crippen molar-refractivity contribution in [1.82, 2.24) is 9.80 Å². The first-order chi connectivity index (χ1) is 17.6. The van der Waals surface area contributed by atoms with Gasteiger partial charge in [-0.05, 0) is 73.0 Å². The van der Waals surface area contributed by atoms with E-state index in [1.807, 2.05) is 28.1 Å². The van der Waals surface area contributed by atoms with Crippen LogP contribution in [0.5, 0.6) is 0 Å². The number of ether oxygens (including phenoxy) is 3. The summed E-state index contributed by atoms with van der Waals surface area (Å²) in [6.45, 7) is 12.6. The van der Waals surface area contributed by atoms with E-state index in [0.29, 0.717) is 19.3 Å². The predicted octanol–water partition coefficient (Wildman–Crippen LogP) is 3.02. The Morgan fingerprint density at radius 1 is 1.16 bits per heavy atom. The lowest BCUT2D eigenvalue weighted by atomic mass is 9.85. The summed E-state index contributed by atoms with van der Waals surface area (Å²) in [5, 5.41) is 31.9. The fraction of sp³-hybridized carbons (Fsp3) is 0.964. The zero-order chi connectivity index (χ0) is 28.9. The summed E-state index contributed by atoms with van der Waals surface area (Å²) in [4.78, 5) is 16.2. The van der Waals surface area contributed by atoms with Gasteiger partial charge in [0.15, 0.2) is 12.6 Å². The molecule has 0 aliphatic carbocycles. The molecule has 2 rings (SSSR count). The molecule has 0 bridgehead atoms. The van der Waals surface area contributed by atoms with Gasteiger partial charge in [0.25, 0.3) is 0 Å². The van der Waals surface area contributed by atoms with Gasteiger partial charge in [-0.25, -0.2) is 0 Å². The third-order valence-corrected chi connectivity index (χ3v) is 9.05. The summed E-state index contributed by atoms with van der Waals surface area (Å²) in [6.07, 6.45) is 1.65. The number of aliphatic carboxylic acids is 1. The second-order valence-corrected chi connectivity index (χ2v) is 13.5. The zero-order valence-corrected chi connectivity index (χ0v) is 26.2. The molecule has 38 heavy (non-hydrogen) atoms. The topological polar surface area (TPSA) is 115 Å². The maximum absolute atomic E-state index is 12.0. The van der Waals surface area contributed by atoms with Crippen LogP contribution in [-0.2, 0) is 19.0 Å². The minimum atomic E-state index is -1.02. The summed E-state index contributed by atoms with van der Waals surface area (Å²) in [6, 6.07) is 0.165. The van der Waals surface area contributed by atoms with Crippen molar-refractivity contribution in [2.75, 3.05) is 27.7 Å². The molecule has 3 N–H and O–H groups in total. The number of aliphatic hydroxyl groups is 2. The van der Waals surface area contributed by atoms with Gasteiger partial charge in [0, 0.05) is 30.7 Å². The van der Waals surface area contributed by atoms with Crippen molar-refractivity contribution in [3.05, 3.63) is 0 Å². The van der Waals surface area contributed by atoms with E-state index in [1.54, 1.807) is 6.92 Å². The SMILES string of the molecule is CCC[C@H](C)[C@H](O)[C@@H](C)N(C)C[C@H](C)CC(C)(O)C[C@@H](P)C(OC1CC(N(C)C)C2OC2O1)[C@@H](C)C(=O)O. The van der Waals surface area contributed by atoms with Crippen LogP contribution in [0.15, 0.2) is 0 Å². The number of hydrogen-bond acceptors (Lipinski definition) is 8. The summed E-state index contributed by atoms with van der Waals surface area (Å²) in [7, 11) is 8.72. The Bertz CT molecular complexity index is 742. The van der Waals surface area contributed by atoms with Crippen LogP contribution in [0.25, 0.3) is 0 Å². The minimum absolute atomic E-state index is 0.0177. The average molecular weight is 563 g/mol. The van der Waals surface area contributed by atoms with E-state index < -0.39 is 36.0 Å². The van der Waals surface area contributed by atoms with Crippen LogP contribution in [0.2, 0.25) is 0 Å². The van der Waals surface area contributed by atoms with E-state index in [1.165, 1.54) is 0 Å². The van der Waals surface area contributed by atoms with E-state index in [4.69, 9.17) is 14.2 Å². The molecule has 10 heteroatoms. The number of rotatable bonds is 17. The lowest BCUT2D eigenvalue weighted by molar-refractivity contribution is -0.218. The van der Waals surface area contributed by atoms with Gasteiger partial charge in [0.1, 0.15) is 6.10 Å². The predicted molar refractivity (Wildman–Crippen MR) is 152 cm³/mol. The number of aliphatic hydroxyl groups excluding tert-OH is 1. The van der Waals surface area contributed by atoms with Crippen molar-refractivity contribution >= 4 is 15.2 Å². The lowest BCUT2D eigenvalue weighted by Crippen LogP contribution is -2.48. The molecule has 0 saturated carbocycles. The molecule has 0 amide bonds. The van der Waals surface area contributed by atoms with Gasteiger partial charge in [-0.1, -0.05) is 27.2 Å². The molecule has 0 spiro atoms. The monoisotopic (exact) mass is 562 g/mol. The number of hydrogen-bond donors (Lipinski definition) is 3. The maximum atomic E-state index is 12.0. The van der Waals surface area contributed by atoms with Crippen molar-refractivity contribution in [2.24, 2.45) is 17.8 Å². The van der Waals surface area contributed by atoms with Crippen molar-refractivity contribution in [2.45, 2.75) is 128 Å². The van der Waals surface area contributed by atoms with E-state index in [9.17, 15) is 20.1 Å². The maximum Gasteiger partial charge on any atom is 0.308 e. The van der Waals surface area contributed by atoms with Gasteiger partial charge < -0.3 is 39.3 Å². The lowest BCUT2D eigenvalue weighted by Gasteiger charge is -2.38. The van der Waals surface area contributed by atoms with Crippen LogP contribution < -0.4 is 0 Å². The van der Waals surface area contributed by atoms with E-state index in [0.717, 1.165) is 19.4 Å². The molecule has 0 aromatic heterocycles. The molecular formula is C28H55N2O7P. The summed E-state index contributed by atoms with van der Waals surface area (Å²) in [5.74, 6) is -1.31. The Hall–Kier alpha value is -0.380. The number of nitrogens with zero attached hydrogens (tertiary/aromatic N) is 2. The van der Waals surface area contributed by atoms with Gasteiger partial charge >= 0.3 is 5.97 Å². The fourth-order valence-corrected chi connectivity index (χ4v) is 7.00. The van der Waals surface area contributed by atoms with Crippen molar-refractivity contribution in [1.29, 1.82) is 0 Å². The number of fused-ring (bicyclic) bond motifs is 1.